The van der Waals surface area contributed by atoms with E-state index in [9.17, 15) is 9.59 Å². The Morgan fingerprint density at radius 2 is 1.85 bits per heavy atom. The molecule has 0 aliphatic carbocycles. The Balaban J connectivity index is 1.94. The number of benzene rings is 1. The van der Waals surface area contributed by atoms with E-state index in [1.165, 1.54) is 12.1 Å². The number of nitrogens with one attached hydrogen (secondary N) is 2. The molecule has 20 heavy (non-hydrogen) atoms. The fraction of sp³-hybridized carbons (Fsp3) is 0.429. The largest absolute Gasteiger partial charge is 0.478 e. The highest BCUT2D eigenvalue weighted by atomic mass is 16.4. The summed E-state index contributed by atoms with van der Waals surface area (Å²) < 4.78 is 0. The van der Waals surface area contributed by atoms with E-state index in [0.29, 0.717) is 5.69 Å². The van der Waals surface area contributed by atoms with Crippen molar-refractivity contribution in [3.63, 3.8) is 0 Å². The molecule has 6 heteroatoms. The van der Waals surface area contributed by atoms with Gasteiger partial charge in [-0.05, 0) is 50.2 Å². The summed E-state index contributed by atoms with van der Waals surface area (Å²) in [5, 5.41) is 14.9. The van der Waals surface area contributed by atoms with Gasteiger partial charge in [-0.15, -0.1) is 0 Å². The number of carbonyl (C=O) groups is 2. The summed E-state index contributed by atoms with van der Waals surface area (Å²) in [6, 6.07) is 6.22. The minimum atomic E-state index is -0.977. The standard InChI is InChI=1S/C14H19N3O3/c1-17(12-6-8-15-9-7-12)14(20)16-11-4-2-10(3-5-11)13(18)19/h2-5,12,15H,6-9H2,1H3,(H,16,20)(H,18,19). The Morgan fingerprint density at radius 1 is 1.25 bits per heavy atom. The van der Waals surface area contributed by atoms with Gasteiger partial charge in [0.05, 0.1) is 5.56 Å². The molecule has 0 atom stereocenters. The summed E-state index contributed by atoms with van der Waals surface area (Å²) in [5.41, 5.74) is 0.801. The first-order valence-corrected chi connectivity index (χ1v) is 6.66. The predicted octanol–water partition coefficient (Wildman–Crippen LogP) is 1.60. The number of anilines is 1. The molecular weight excluding hydrogens is 258 g/mol. The molecular formula is C14H19N3O3. The van der Waals surface area contributed by atoms with Crippen molar-refractivity contribution < 1.29 is 14.7 Å². The van der Waals surface area contributed by atoms with E-state index < -0.39 is 5.97 Å². The summed E-state index contributed by atoms with van der Waals surface area (Å²) in [4.78, 5) is 24.6. The van der Waals surface area contributed by atoms with Crippen molar-refractivity contribution in [1.82, 2.24) is 10.2 Å². The van der Waals surface area contributed by atoms with Crippen LogP contribution in [0.1, 0.15) is 23.2 Å². The van der Waals surface area contributed by atoms with E-state index in [1.807, 2.05) is 0 Å². The highest BCUT2D eigenvalue weighted by Gasteiger charge is 2.21. The number of amides is 2. The average Bonchev–Trinajstić information content (AvgIpc) is 2.48. The average molecular weight is 277 g/mol. The highest BCUT2D eigenvalue weighted by Crippen LogP contribution is 2.14. The molecule has 0 radical (unpaired) electrons. The van der Waals surface area contributed by atoms with Crippen molar-refractivity contribution in [2.45, 2.75) is 18.9 Å². The molecule has 0 aromatic heterocycles. The number of rotatable bonds is 3. The van der Waals surface area contributed by atoms with E-state index in [1.54, 1.807) is 24.1 Å². The van der Waals surface area contributed by atoms with Crippen molar-refractivity contribution in [2.75, 3.05) is 25.5 Å². The maximum Gasteiger partial charge on any atom is 0.335 e. The van der Waals surface area contributed by atoms with E-state index >= 15 is 0 Å². The van der Waals surface area contributed by atoms with Crippen LogP contribution in [0.2, 0.25) is 0 Å². The van der Waals surface area contributed by atoms with Gasteiger partial charge in [-0.25, -0.2) is 9.59 Å². The zero-order valence-electron chi connectivity index (χ0n) is 11.4. The van der Waals surface area contributed by atoms with Crippen LogP contribution < -0.4 is 10.6 Å². The van der Waals surface area contributed by atoms with Gasteiger partial charge in [-0.1, -0.05) is 0 Å². The lowest BCUT2D eigenvalue weighted by Crippen LogP contribution is -2.45. The quantitative estimate of drug-likeness (QED) is 0.784. The Bertz CT molecular complexity index is 481. The Hall–Kier alpha value is -2.08. The first kappa shape index (κ1) is 14.3. The van der Waals surface area contributed by atoms with Gasteiger partial charge in [0.1, 0.15) is 0 Å². The van der Waals surface area contributed by atoms with Crippen LogP contribution in [0.3, 0.4) is 0 Å². The fourth-order valence-electron chi connectivity index (χ4n) is 2.27. The molecule has 2 amide bonds. The number of carbonyl (C=O) groups excluding carboxylic acids is 1. The minimum absolute atomic E-state index is 0.167. The van der Waals surface area contributed by atoms with Crippen LogP contribution in [0.5, 0.6) is 0 Å². The summed E-state index contributed by atoms with van der Waals surface area (Å²) >= 11 is 0. The van der Waals surface area contributed by atoms with Crippen LogP contribution >= 0.6 is 0 Å². The molecule has 1 fully saturated rings. The van der Waals surface area contributed by atoms with E-state index in [-0.39, 0.29) is 17.6 Å². The SMILES string of the molecule is CN(C(=O)Nc1ccc(C(=O)O)cc1)C1CCNCC1. The third-order valence-corrected chi connectivity index (χ3v) is 3.56. The van der Waals surface area contributed by atoms with Crippen LogP contribution in [0, 0.1) is 0 Å². The van der Waals surface area contributed by atoms with E-state index in [0.717, 1.165) is 25.9 Å². The number of hydrogen-bond acceptors (Lipinski definition) is 3. The van der Waals surface area contributed by atoms with Gasteiger partial charge in [-0.3, -0.25) is 0 Å². The molecule has 1 aromatic rings. The zero-order chi connectivity index (χ0) is 14.5. The molecule has 0 spiro atoms. The Morgan fingerprint density at radius 3 is 2.40 bits per heavy atom. The molecule has 6 nitrogen and oxygen atoms in total. The second-order valence-corrected chi connectivity index (χ2v) is 4.90. The fourth-order valence-corrected chi connectivity index (χ4v) is 2.27. The van der Waals surface area contributed by atoms with Crippen LogP contribution in [0.15, 0.2) is 24.3 Å². The lowest BCUT2D eigenvalue weighted by Gasteiger charge is -2.31. The van der Waals surface area contributed by atoms with Crippen molar-refractivity contribution in [2.24, 2.45) is 0 Å². The Labute approximate surface area is 117 Å². The number of aromatic carboxylic acids is 1. The number of carboxylic acid groups (broad SMARTS) is 1. The first-order valence-electron chi connectivity index (χ1n) is 6.66. The number of urea groups is 1. The number of piperidine rings is 1. The Kier molecular flexibility index (Phi) is 4.57. The van der Waals surface area contributed by atoms with Crippen molar-refractivity contribution in [3.05, 3.63) is 29.8 Å². The molecule has 3 N–H and O–H groups in total. The molecule has 1 aliphatic heterocycles. The highest BCUT2D eigenvalue weighted by molar-refractivity contribution is 5.91. The van der Waals surface area contributed by atoms with Gasteiger partial charge in [0.25, 0.3) is 0 Å². The maximum absolute atomic E-state index is 12.1. The predicted molar refractivity (Wildman–Crippen MR) is 76.1 cm³/mol. The summed E-state index contributed by atoms with van der Waals surface area (Å²) in [6.07, 6.45) is 1.89. The van der Waals surface area contributed by atoms with Gasteiger partial charge in [-0.2, -0.15) is 0 Å². The summed E-state index contributed by atoms with van der Waals surface area (Å²) in [7, 11) is 1.79. The molecule has 0 unspecified atom stereocenters. The first-order chi connectivity index (χ1) is 9.58. The molecule has 0 saturated carbocycles. The van der Waals surface area contributed by atoms with Crippen LogP contribution in [0.4, 0.5) is 10.5 Å². The lowest BCUT2D eigenvalue weighted by molar-refractivity contribution is 0.0697. The molecule has 1 heterocycles. The smallest absolute Gasteiger partial charge is 0.335 e. The van der Waals surface area contributed by atoms with Gasteiger partial charge in [0.2, 0.25) is 0 Å². The number of nitrogens with zero attached hydrogens (tertiary/aromatic N) is 1. The van der Waals surface area contributed by atoms with Crippen molar-refractivity contribution in [1.29, 1.82) is 0 Å². The van der Waals surface area contributed by atoms with Crippen LogP contribution in [-0.2, 0) is 0 Å². The normalized spacial score (nSPS) is 15.7. The molecule has 0 bridgehead atoms. The second-order valence-electron chi connectivity index (χ2n) is 4.90. The van der Waals surface area contributed by atoms with Crippen LogP contribution in [0.25, 0.3) is 0 Å². The minimum Gasteiger partial charge on any atom is -0.478 e. The topological polar surface area (TPSA) is 81.7 Å². The summed E-state index contributed by atoms with van der Waals surface area (Å²) in [5.74, 6) is -0.977. The van der Waals surface area contributed by atoms with Gasteiger partial charge >= 0.3 is 12.0 Å². The molecule has 108 valence electrons. The van der Waals surface area contributed by atoms with Crippen LogP contribution in [-0.4, -0.2) is 48.2 Å². The van der Waals surface area contributed by atoms with E-state index in [2.05, 4.69) is 10.6 Å². The summed E-state index contributed by atoms with van der Waals surface area (Å²) in [6.45, 7) is 1.85. The second kappa shape index (κ2) is 6.38. The lowest BCUT2D eigenvalue weighted by atomic mass is 10.1. The molecule has 1 saturated heterocycles. The van der Waals surface area contributed by atoms with Gasteiger partial charge < -0.3 is 20.6 Å². The third kappa shape index (κ3) is 3.48. The molecule has 1 aromatic carbocycles. The number of carboxylic acids is 1. The molecule has 2 rings (SSSR count). The third-order valence-electron chi connectivity index (χ3n) is 3.56. The monoisotopic (exact) mass is 277 g/mol. The van der Waals surface area contributed by atoms with Gasteiger partial charge in [0.15, 0.2) is 0 Å². The van der Waals surface area contributed by atoms with Crippen molar-refractivity contribution in [3.8, 4) is 0 Å². The van der Waals surface area contributed by atoms with Gasteiger partial charge in [0, 0.05) is 18.8 Å². The molecule has 1 aliphatic rings. The number of hydrogen-bond donors (Lipinski definition) is 3. The van der Waals surface area contributed by atoms with Crippen molar-refractivity contribution >= 4 is 17.7 Å². The maximum atomic E-state index is 12.1. The zero-order valence-corrected chi connectivity index (χ0v) is 11.4. The van der Waals surface area contributed by atoms with E-state index in [4.69, 9.17) is 5.11 Å².